The van der Waals surface area contributed by atoms with Crippen LogP contribution in [0.5, 0.6) is 0 Å². The number of H-pyrrole nitrogens is 1. The Labute approximate surface area is 152 Å². The number of nitrogens with zero attached hydrogens (tertiary/aromatic N) is 2. The van der Waals surface area contributed by atoms with Crippen molar-refractivity contribution in [3.63, 3.8) is 0 Å². The van der Waals surface area contributed by atoms with Gasteiger partial charge in [-0.1, -0.05) is 18.5 Å². The van der Waals surface area contributed by atoms with Crippen LogP contribution in [0.15, 0.2) is 0 Å². The van der Waals surface area contributed by atoms with Crippen LogP contribution in [-0.2, 0) is 20.9 Å². The topological polar surface area (TPSA) is 95.5 Å². The third-order valence-electron chi connectivity index (χ3n) is 5.47. The highest BCUT2D eigenvalue weighted by Crippen LogP contribution is 2.53. The summed E-state index contributed by atoms with van der Waals surface area (Å²) < 4.78 is 5.39. The lowest BCUT2D eigenvalue weighted by atomic mass is 9.72. The van der Waals surface area contributed by atoms with E-state index in [4.69, 9.17) is 26.2 Å². The predicted molar refractivity (Wildman–Crippen MR) is 93.4 cm³/mol. The first-order chi connectivity index (χ1) is 11.9. The standard InChI is InChI=1S/C16H24ClN3O2.CH2O2/c1-4-16(15(21)22-5-2)8-11-6-7-13(16)20(11)9-12-14(17)10(3)18-19-12;2-1-3/h11,13H,4-9H2,1-3H3,(H,18,19);1H,(H,2,3)/t11-,13+,16+;/m0./s1. The molecule has 2 saturated heterocycles. The van der Waals surface area contributed by atoms with Gasteiger partial charge in [0.05, 0.1) is 28.4 Å². The molecule has 0 radical (unpaired) electrons. The highest BCUT2D eigenvalue weighted by Gasteiger charge is 2.59. The van der Waals surface area contributed by atoms with Crippen molar-refractivity contribution in [3.05, 3.63) is 16.4 Å². The minimum absolute atomic E-state index is 0.0287. The normalized spacial score (nSPS) is 27.7. The predicted octanol–water partition coefficient (Wildman–Crippen LogP) is 2.77. The van der Waals surface area contributed by atoms with Gasteiger partial charge in [0, 0.05) is 18.6 Å². The number of aromatic amines is 1. The summed E-state index contributed by atoms with van der Waals surface area (Å²) in [6.45, 7) is 6.80. The lowest BCUT2D eigenvalue weighted by Gasteiger charge is -2.34. The molecule has 25 heavy (non-hydrogen) atoms. The van der Waals surface area contributed by atoms with E-state index in [0.717, 1.165) is 37.1 Å². The lowest BCUT2D eigenvalue weighted by molar-refractivity contribution is -0.157. The number of aromatic nitrogens is 2. The van der Waals surface area contributed by atoms with Gasteiger partial charge in [-0.15, -0.1) is 0 Å². The van der Waals surface area contributed by atoms with E-state index in [1.54, 1.807) is 0 Å². The Morgan fingerprint density at radius 3 is 2.72 bits per heavy atom. The molecule has 0 aromatic carbocycles. The number of carbonyl (C=O) groups excluding carboxylic acids is 1. The van der Waals surface area contributed by atoms with E-state index in [9.17, 15) is 4.79 Å². The molecule has 0 saturated carbocycles. The maximum absolute atomic E-state index is 12.6. The van der Waals surface area contributed by atoms with Crippen molar-refractivity contribution in [2.75, 3.05) is 6.61 Å². The van der Waals surface area contributed by atoms with Gasteiger partial charge >= 0.3 is 5.97 Å². The molecule has 2 fully saturated rings. The van der Waals surface area contributed by atoms with Crippen molar-refractivity contribution in [1.29, 1.82) is 0 Å². The van der Waals surface area contributed by atoms with Gasteiger partial charge in [-0.2, -0.15) is 5.10 Å². The molecule has 2 aliphatic heterocycles. The molecular formula is C17H26ClN3O4. The maximum Gasteiger partial charge on any atom is 0.313 e. The Bertz CT molecular complexity index is 621. The lowest BCUT2D eigenvalue weighted by Crippen LogP contribution is -2.44. The number of fused-ring (bicyclic) bond motifs is 2. The number of rotatable bonds is 5. The molecule has 3 rings (SSSR count). The van der Waals surface area contributed by atoms with Gasteiger partial charge in [0.1, 0.15) is 0 Å². The highest BCUT2D eigenvalue weighted by molar-refractivity contribution is 6.31. The molecule has 0 aliphatic carbocycles. The van der Waals surface area contributed by atoms with Crippen molar-refractivity contribution in [3.8, 4) is 0 Å². The molecule has 0 amide bonds. The molecule has 2 N–H and O–H groups in total. The summed E-state index contributed by atoms with van der Waals surface area (Å²) in [4.78, 5) is 23.3. The average Bonchev–Trinajstić information content (AvgIpc) is 3.23. The van der Waals surface area contributed by atoms with Crippen LogP contribution < -0.4 is 0 Å². The highest BCUT2D eigenvalue weighted by atomic mass is 35.5. The smallest absolute Gasteiger partial charge is 0.313 e. The first-order valence-corrected chi connectivity index (χ1v) is 9.03. The third kappa shape index (κ3) is 3.53. The molecule has 3 atom stereocenters. The minimum atomic E-state index is -0.350. The van der Waals surface area contributed by atoms with E-state index in [-0.39, 0.29) is 23.9 Å². The zero-order valence-corrected chi connectivity index (χ0v) is 15.7. The third-order valence-corrected chi connectivity index (χ3v) is 5.97. The summed E-state index contributed by atoms with van der Waals surface area (Å²) in [6.07, 6.45) is 3.93. The second-order valence-corrected chi connectivity index (χ2v) is 6.95. The van der Waals surface area contributed by atoms with E-state index < -0.39 is 0 Å². The quantitative estimate of drug-likeness (QED) is 0.610. The first-order valence-electron chi connectivity index (χ1n) is 8.65. The SMILES string of the molecule is CCOC(=O)[C@]1(CC)C[C@@H]2CC[C@H]1N2Cc1n[nH]c(C)c1Cl.O=CO. The van der Waals surface area contributed by atoms with Crippen molar-refractivity contribution in [2.24, 2.45) is 5.41 Å². The second-order valence-electron chi connectivity index (χ2n) is 6.57. The first kappa shape index (κ1) is 19.7. The molecule has 1 aromatic heterocycles. The van der Waals surface area contributed by atoms with Crippen LogP contribution in [0.1, 0.15) is 50.9 Å². The molecule has 2 bridgehead atoms. The van der Waals surface area contributed by atoms with Crippen molar-refractivity contribution < 1.29 is 19.4 Å². The summed E-state index contributed by atoms with van der Waals surface area (Å²) in [5.41, 5.74) is 1.43. The fraction of sp³-hybridized carbons (Fsp3) is 0.706. The number of hydrogen-bond donors (Lipinski definition) is 2. The zero-order valence-electron chi connectivity index (χ0n) is 14.9. The monoisotopic (exact) mass is 371 g/mol. The minimum Gasteiger partial charge on any atom is -0.483 e. The Balaban J connectivity index is 0.000000701. The van der Waals surface area contributed by atoms with Gasteiger partial charge in [-0.05, 0) is 39.5 Å². The van der Waals surface area contributed by atoms with Crippen LogP contribution in [0.3, 0.4) is 0 Å². The maximum atomic E-state index is 12.6. The summed E-state index contributed by atoms with van der Waals surface area (Å²) in [5.74, 6) is -0.0287. The fourth-order valence-electron chi connectivity index (χ4n) is 4.31. The van der Waals surface area contributed by atoms with E-state index >= 15 is 0 Å². The largest absolute Gasteiger partial charge is 0.483 e. The fourth-order valence-corrected chi connectivity index (χ4v) is 4.45. The Morgan fingerprint density at radius 1 is 1.52 bits per heavy atom. The molecule has 8 heteroatoms. The zero-order chi connectivity index (χ0) is 18.6. The molecular weight excluding hydrogens is 346 g/mol. The second kappa shape index (κ2) is 8.19. The molecule has 2 aliphatic rings. The van der Waals surface area contributed by atoms with E-state index in [0.29, 0.717) is 24.2 Å². The molecule has 0 unspecified atom stereocenters. The number of carbonyl (C=O) groups is 2. The van der Waals surface area contributed by atoms with Crippen LogP contribution in [0.2, 0.25) is 5.02 Å². The van der Waals surface area contributed by atoms with Crippen LogP contribution in [0.4, 0.5) is 0 Å². The number of esters is 1. The Hall–Kier alpha value is -1.60. The average molecular weight is 372 g/mol. The molecule has 3 heterocycles. The van der Waals surface area contributed by atoms with Gasteiger partial charge in [-0.25, -0.2) is 0 Å². The van der Waals surface area contributed by atoms with E-state index in [2.05, 4.69) is 22.0 Å². The number of hydrogen-bond acceptors (Lipinski definition) is 5. The van der Waals surface area contributed by atoms with E-state index in [1.807, 2.05) is 13.8 Å². The Kier molecular flexibility index (Phi) is 6.46. The molecule has 0 spiro atoms. The van der Waals surface area contributed by atoms with Gasteiger partial charge in [0.2, 0.25) is 0 Å². The number of nitrogens with one attached hydrogen (secondary N) is 1. The molecule has 1 aromatic rings. The van der Waals surface area contributed by atoms with Crippen molar-refractivity contribution >= 4 is 24.0 Å². The van der Waals surface area contributed by atoms with Gasteiger partial charge in [-0.3, -0.25) is 19.6 Å². The van der Waals surface area contributed by atoms with Crippen LogP contribution >= 0.6 is 11.6 Å². The number of halogens is 1. The molecule has 7 nitrogen and oxygen atoms in total. The van der Waals surface area contributed by atoms with E-state index in [1.165, 1.54) is 0 Å². The summed E-state index contributed by atoms with van der Waals surface area (Å²) in [6, 6.07) is 0.678. The number of aryl methyl sites for hydroxylation is 1. The van der Waals surface area contributed by atoms with Gasteiger partial charge in [0.25, 0.3) is 6.47 Å². The summed E-state index contributed by atoms with van der Waals surface area (Å²) >= 11 is 6.31. The van der Waals surface area contributed by atoms with Crippen LogP contribution in [0.25, 0.3) is 0 Å². The summed E-state index contributed by atoms with van der Waals surface area (Å²) in [5, 5.41) is 14.9. The summed E-state index contributed by atoms with van der Waals surface area (Å²) in [7, 11) is 0. The van der Waals surface area contributed by atoms with Gasteiger partial charge in [0.15, 0.2) is 0 Å². The van der Waals surface area contributed by atoms with Crippen molar-refractivity contribution in [2.45, 2.75) is 65.1 Å². The molecule has 140 valence electrons. The number of ether oxygens (including phenoxy) is 1. The van der Waals surface area contributed by atoms with Crippen molar-refractivity contribution in [1.82, 2.24) is 15.1 Å². The van der Waals surface area contributed by atoms with Gasteiger partial charge < -0.3 is 9.84 Å². The van der Waals surface area contributed by atoms with Crippen LogP contribution in [0, 0.1) is 12.3 Å². The van der Waals surface area contributed by atoms with Crippen LogP contribution in [-0.4, -0.2) is 51.3 Å². The number of carboxylic acid groups (broad SMARTS) is 1. The Morgan fingerprint density at radius 2 is 2.20 bits per heavy atom.